The lowest BCUT2D eigenvalue weighted by Crippen LogP contribution is -2.33. The molecule has 9 aromatic carbocycles. The van der Waals surface area contributed by atoms with Gasteiger partial charge in [-0.2, -0.15) is 0 Å². The number of furan rings is 1. The molecule has 1 aliphatic rings. The Hall–Kier alpha value is -8.02. The molecule has 0 radical (unpaired) electrons. The molecular weight excluding hydrogens is 733 g/mol. The Bertz CT molecular complexity index is 3520. The second kappa shape index (κ2) is 13.8. The van der Waals surface area contributed by atoms with E-state index in [1.807, 2.05) is 24.3 Å². The fourth-order valence-electron chi connectivity index (χ4n) is 8.92. The molecule has 0 amide bonds. The molecule has 2 aromatic heterocycles. The van der Waals surface area contributed by atoms with Crippen molar-refractivity contribution in [2.45, 2.75) is 6.17 Å². The minimum absolute atomic E-state index is 0.431. The largest absolute Gasteiger partial charge is 0.455 e. The van der Waals surface area contributed by atoms with Gasteiger partial charge in [0.05, 0.1) is 16.6 Å². The van der Waals surface area contributed by atoms with Gasteiger partial charge < -0.3 is 14.3 Å². The maximum absolute atomic E-state index is 6.81. The predicted molar refractivity (Wildman–Crippen MR) is 248 cm³/mol. The Labute approximate surface area is 346 Å². The van der Waals surface area contributed by atoms with E-state index in [4.69, 9.17) is 14.4 Å². The van der Waals surface area contributed by atoms with Crippen molar-refractivity contribution in [2.24, 2.45) is 9.98 Å². The third kappa shape index (κ3) is 5.70. The molecule has 0 aliphatic carbocycles. The Morgan fingerprint density at radius 2 is 1.08 bits per heavy atom. The number of hydrogen-bond donors (Lipinski definition) is 1. The van der Waals surface area contributed by atoms with Crippen molar-refractivity contribution < 1.29 is 4.42 Å². The number of aliphatic imine (C=N–C) groups is 2. The number of nitrogens with one attached hydrogen (secondary N) is 1. The van der Waals surface area contributed by atoms with E-state index in [2.05, 4.69) is 192 Å². The highest BCUT2D eigenvalue weighted by Gasteiger charge is 2.26. The number of amidine groups is 2. The van der Waals surface area contributed by atoms with Crippen LogP contribution in [-0.2, 0) is 0 Å². The van der Waals surface area contributed by atoms with Crippen LogP contribution < -0.4 is 5.32 Å². The van der Waals surface area contributed by atoms with E-state index in [-0.39, 0.29) is 0 Å². The molecule has 12 rings (SSSR count). The molecule has 5 heteroatoms. The summed E-state index contributed by atoms with van der Waals surface area (Å²) in [6, 6.07) is 72.8. The smallest absolute Gasteiger partial charge is 0.159 e. The van der Waals surface area contributed by atoms with Crippen molar-refractivity contribution in [1.29, 1.82) is 0 Å². The second-order valence-electron chi connectivity index (χ2n) is 15.4. The van der Waals surface area contributed by atoms with Crippen LogP contribution in [0.15, 0.2) is 221 Å². The molecule has 11 aromatic rings. The standard InChI is InChI=1S/C55H36N4O/c1-3-15-35(16-4-1)37-21-13-23-41(29-37)53-56-54(42-24-14-22-38(30-42)36-17-5-2-6-18-36)58-55(57-53)48-34-43(33-47-45-26-10-12-28-51(45)60-52(47)48)59-49-27-11-9-25-44(49)46-31-39-19-7-8-20-40(39)32-50(46)59/h1-34,53H,(H,56,57,58). The van der Waals surface area contributed by atoms with Crippen molar-refractivity contribution in [3.63, 3.8) is 0 Å². The summed E-state index contributed by atoms with van der Waals surface area (Å²) >= 11 is 0. The van der Waals surface area contributed by atoms with Gasteiger partial charge in [0.15, 0.2) is 5.84 Å². The molecule has 1 unspecified atom stereocenters. The lowest BCUT2D eigenvalue weighted by molar-refractivity contribution is 0.659. The Balaban J connectivity index is 1.10. The highest BCUT2D eigenvalue weighted by molar-refractivity contribution is 6.21. The molecular formula is C55H36N4O. The summed E-state index contributed by atoms with van der Waals surface area (Å²) in [6.07, 6.45) is -0.431. The number of fused-ring (bicyclic) bond motifs is 7. The van der Waals surface area contributed by atoms with Crippen molar-refractivity contribution in [3.8, 4) is 27.9 Å². The fraction of sp³-hybridized carbons (Fsp3) is 0.0182. The average Bonchev–Trinajstić information content (AvgIpc) is 3.86. The molecule has 282 valence electrons. The molecule has 0 saturated carbocycles. The van der Waals surface area contributed by atoms with E-state index < -0.39 is 6.17 Å². The summed E-state index contributed by atoms with van der Waals surface area (Å²) in [6.45, 7) is 0. The maximum Gasteiger partial charge on any atom is 0.159 e. The van der Waals surface area contributed by atoms with Gasteiger partial charge in [-0.05, 0) is 87.1 Å². The van der Waals surface area contributed by atoms with Crippen molar-refractivity contribution in [2.75, 3.05) is 0 Å². The minimum atomic E-state index is -0.431. The molecule has 1 aliphatic heterocycles. The minimum Gasteiger partial charge on any atom is -0.455 e. The van der Waals surface area contributed by atoms with E-state index in [1.165, 1.54) is 21.5 Å². The van der Waals surface area contributed by atoms with Crippen LogP contribution in [0.25, 0.3) is 82.5 Å². The third-order valence-corrected chi connectivity index (χ3v) is 11.8. The van der Waals surface area contributed by atoms with Crippen LogP contribution in [0.4, 0.5) is 0 Å². The second-order valence-corrected chi connectivity index (χ2v) is 15.4. The molecule has 0 saturated heterocycles. The lowest BCUT2D eigenvalue weighted by Gasteiger charge is -2.24. The van der Waals surface area contributed by atoms with Gasteiger partial charge in [0.2, 0.25) is 0 Å². The fourth-order valence-corrected chi connectivity index (χ4v) is 8.92. The van der Waals surface area contributed by atoms with Gasteiger partial charge in [-0.15, -0.1) is 0 Å². The summed E-state index contributed by atoms with van der Waals surface area (Å²) in [5, 5.41) is 10.7. The molecule has 1 atom stereocenters. The third-order valence-electron chi connectivity index (χ3n) is 11.8. The van der Waals surface area contributed by atoms with Crippen LogP contribution in [0.1, 0.15) is 22.9 Å². The number of benzene rings is 9. The quantitative estimate of drug-likeness (QED) is 0.183. The van der Waals surface area contributed by atoms with Gasteiger partial charge >= 0.3 is 0 Å². The number of hydrogen-bond acceptors (Lipinski definition) is 4. The van der Waals surface area contributed by atoms with Crippen LogP contribution >= 0.6 is 0 Å². The molecule has 3 heterocycles. The number of aromatic nitrogens is 1. The van der Waals surface area contributed by atoms with E-state index >= 15 is 0 Å². The zero-order chi connectivity index (χ0) is 39.6. The van der Waals surface area contributed by atoms with Gasteiger partial charge in [0.25, 0.3) is 0 Å². The lowest BCUT2D eigenvalue weighted by atomic mass is 10.0. The maximum atomic E-state index is 6.81. The van der Waals surface area contributed by atoms with Gasteiger partial charge in [0.1, 0.15) is 23.2 Å². The molecule has 0 fully saturated rings. The molecule has 1 N–H and O–H groups in total. The number of rotatable bonds is 6. The average molecular weight is 769 g/mol. The van der Waals surface area contributed by atoms with E-state index in [0.29, 0.717) is 11.7 Å². The summed E-state index contributed by atoms with van der Waals surface area (Å²) < 4.78 is 9.20. The monoisotopic (exact) mass is 768 g/mol. The summed E-state index contributed by atoms with van der Waals surface area (Å²) in [5.41, 5.74) is 12.3. The summed E-state index contributed by atoms with van der Waals surface area (Å²) in [7, 11) is 0. The van der Waals surface area contributed by atoms with Crippen LogP contribution in [0, 0.1) is 0 Å². The topological polar surface area (TPSA) is 54.8 Å². The van der Waals surface area contributed by atoms with Gasteiger partial charge in [0, 0.05) is 32.8 Å². The SMILES string of the molecule is c1ccc(-c2cccc(C3=NC(c4cccc(-c5ccccc5)c4)NC(c4cc(-n5c6ccccc6c6cc7ccccc7cc65)cc5c4oc4ccccc45)=N3)c2)cc1. The molecule has 0 bridgehead atoms. The zero-order valence-electron chi connectivity index (χ0n) is 32.5. The first-order valence-corrected chi connectivity index (χ1v) is 20.3. The Morgan fingerprint density at radius 3 is 1.88 bits per heavy atom. The van der Waals surface area contributed by atoms with Gasteiger partial charge in [-0.1, -0.05) is 158 Å². The van der Waals surface area contributed by atoms with Crippen LogP contribution in [-0.4, -0.2) is 16.2 Å². The van der Waals surface area contributed by atoms with Gasteiger partial charge in [-0.25, -0.2) is 9.98 Å². The van der Waals surface area contributed by atoms with E-state index in [9.17, 15) is 0 Å². The summed E-state index contributed by atoms with van der Waals surface area (Å²) in [5.74, 6) is 1.34. The first-order valence-electron chi connectivity index (χ1n) is 20.3. The van der Waals surface area contributed by atoms with Crippen LogP contribution in [0.5, 0.6) is 0 Å². The Kier molecular flexibility index (Phi) is 7.85. The van der Waals surface area contributed by atoms with Gasteiger partial charge in [-0.3, -0.25) is 0 Å². The predicted octanol–water partition coefficient (Wildman–Crippen LogP) is 13.7. The highest BCUT2D eigenvalue weighted by Crippen LogP contribution is 2.39. The molecule has 0 spiro atoms. The van der Waals surface area contributed by atoms with Crippen LogP contribution in [0.3, 0.4) is 0 Å². The number of nitrogens with zero attached hydrogens (tertiary/aromatic N) is 3. The van der Waals surface area contributed by atoms with E-state index in [1.54, 1.807) is 0 Å². The zero-order valence-corrected chi connectivity index (χ0v) is 32.5. The first-order chi connectivity index (χ1) is 29.7. The molecule has 5 nitrogen and oxygen atoms in total. The summed E-state index contributed by atoms with van der Waals surface area (Å²) in [4.78, 5) is 10.8. The van der Waals surface area contributed by atoms with Crippen LogP contribution in [0.2, 0.25) is 0 Å². The normalized spacial score (nSPS) is 14.2. The first kappa shape index (κ1) is 34.1. The van der Waals surface area contributed by atoms with Crippen molar-refractivity contribution >= 4 is 66.2 Å². The molecule has 60 heavy (non-hydrogen) atoms. The number of para-hydroxylation sites is 2. The van der Waals surface area contributed by atoms with Crippen molar-refractivity contribution in [1.82, 2.24) is 9.88 Å². The Morgan fingerprint density at radius 1 is 0.450 bits per heavy atom. The van der Waals surface area contributed by atoms with E-state index in [0.717, 1.165) is 77.6 Å². The highest BCUT2D eigenvalue weighted by atomic mass is 16.3. The van der Waals surface area contributed by atoms with Crippen molar-refractivity contribution in [3.05, 3.63) is 223 Å².